The second-order valence-corrected chi connectivity index (χ2v) is 6.06. The van der Waals surface area contributed by atoms with Crippen LogP contribution in [0.1, 0.15) is 15.9 Å². The number of para-hydroxylation sites is 2. The highest BCUT2D eigenvalue weighted by atomic mass is 32.2. The van der Waals surface area contributed by atoms with Crippen LogP contribution in [0.5, 0.6) is 0 Å². The van der Waals surface area contributed by atoms with E-state index in [1.807, 2.05) is 48.5 Å². The summed E-state index contributed by atoms with van der Waals surface area (Å²) in [6.45, 7) is 0. The van der Waals surface area contributed by atoms with E-state index < -0.39 is 0 Å². The van der Waals surface area contributed by atoms with Crippen molar-refractivity contribution in [3.8, 4) is 0 Å². The number of nitrogens with zero attached hydrogens (tertiary/aromatic N) is 2. The zero-order chi connectivity index (χ0) is 15.5. The quantitative estimate of drug-likeness (QED) is 0.687. The Balaban J connectivity index is 1.67. The van der Waals surface area contributed by atoms with Gasteiger partial charge in [-0.25, -0.2) is 4.98 Å². The smallest absolute Gasteiger partial charge is 0.257 e. The van der Waals surface area contributed by atoms with Crippen LogP contribution in [0.2, 0.25) is 0 Å². The Bertz CT molecular complexity index is 761. The maximum absolute atomic E-state index is 11.8. The second-order valence-electron chi connectivity index (χ2n) is 5.13. The van der Waals surface area contributed by atoms with Crippen LogP contribution >= 0.6 is 11.8 Å². The number of fused-ring (bicyclic) bond motifs is 1. The molecule has 0 spiro atoms. The molecule has 112 valence electrons. The lowest BCUT2D eigenvalue weighted by atomic mass is 10.1. The molecule has 3 aromatic rings. The molecule has 0 aliphatic rings. The summed E-state index contributed by atoms with van der Waals surface area (Å²) in [5, 5.41) is 0.662. The first-order valence-corrected chi connectivity index (χ1v) is 7.91. The van der Waals surface area contributed by atoms with Gasteiger partial charge in [-0.1, -0.05) is 36.0 Å². The van der Waals surface area contributed by atoms with Gasteiger partial charge in [-0.2, -0.15) is 0 Å². The Hall–Kier alpha value is -2.27. The summed E-state index contributed by atoms with van der Waals surface area (Å²) < 4.78 is 5.67. The van der Waals surface area contributed by atoms with Gasteiger partial charge in [0.15, 0.2) is 5.58 Å². The number of amides is 1. The molecule has 0 N–H and O–H groups in total. The summed E-state index contributed by atoms with van der Waals surface area (Å²) in [6.07, 6.45) is 0. The molecule has 0 fully saturated rings. The number of hydrogen-bond donors (Lipinski definition) is 0. The molecule has 0 saturated carbocycles. The van der Waals surface area contributed by atoms with Gasteiger partial charge in [-0.05, 0) is 29.8 Å². The van der Waals surface area contributed by atoms with E-state index in [4.69, 9.17) is 4.42 Å². The molecular formula is C17H16N2O2S. The van der Waals surface area contributed by atoms with E-state index in [9.17, 15) is 4.79 Å². The van der Waals surface area contributed by atoms with Gasteiger partial charge >= 0.3 is 0 Å². The molecule has 2 aromatic carbocycles. The molecule has 4 nitrogen and oxygen atoms in total. The van der Waals surface area contributed by atoms with E-state index in [-0.39, 0.29) is 5.91 Å². The van der Waals surface area contributed by atoms with Crippen molar-refractivity contribution in [2.45, 2.75) is 11.0 Å². The normalized spacial score (nSPS) is 10.8. The fourth-order valence-electron chi connectivity index (χ4n) is 2.06. The van der Waals surface area contributed by atoms with E-state index in [2.05, 4.69) is 4.98 Å². The van der Waals surface area contributed by atoms with Crippen molar-refractivity contribution in [2.24, 2.45) is 0 Å². The molecule has 1 aromatic heterocycles. The minimum atomic E-state index is 0.0122. The van der Waals surface area contributed by atoms with E-state index in [1.165, 1.54) is 0 Å². The molecule has 0 aliphatic heterocycles. The monoisotopic (exact) mass is 312 g/mol. The minimum Gasteiger partial charge on any atom is -0.431 e. The molecule has 22 heavy (non-hydrogen) atoms. The highest BCUT2D eigenvalue weighted by molar-refractivity contribution is 7.98. The van der Waals surface area contributed by atoms with Crippen molar-refractivity contribution in [1.82, 2.24) is 9.88 Å². The fourth-order valence-corrected chi connectivity index (χ4v) is 2.85. The summed E-state index contributed by atoms with van der Waals surface area (Å²) in [6, 6.07) is 15.4. The standard InChI is InChI=1S/C17H16N2O2S/c1-19(2)16(20)13-9-7-12(8-10-13)11-22-17-18-14-5-3-4-6-15(14)21-17/h3-10H,11H2,1-2H3. The van der Waals surface area contributed by atoms with Crippen LogP contribution < -0.4 is 0 Å². The molecule has 1 amide bonds. The first kappa shape index (κ1) is 14.7. The number of benzene rings is 2. The summed E-state index contributed by atoms with van der Waals surface area (Å²) in [7, 11) is 3.50. The Morgan fingerprint density at radius 1 is 1.14 bits per heavy atom. The lowest BCUT2D eigenvalue weighted by Gasteiger charge is -2.10. The van der Waals surface area contributed by atoms with Crippen LogP contribution in [-0.4, -0.2) is 29.9 Å². The topological polar surface area (TPSA) is 46.3 Å². The number of rotatable bonds is 4. The Labute approximate surface area is 133 Å². The number of aromatic nitrogens is 1. The van der Waals surface area contributed by atoms with Gasteiger partial charge in [0.2, 0.25) is 0 Å². The molecular weight excluding hydrogens is 296 g/mol. The summed E-state index contributed by atoms with van der Waals surface area (Å²) >= 11 is 1.55. The van der Waals surface area contributed by atoms with E-state index in [0.29, 0.717) is 10.8 Å². The van der Waals surface area contributed by atoms with Crippen LogP contribution in [0.25, 0.3) is 11.1 Å². The van der Waals surface area contributed by atoms with Gasteiger partial charge < -0.3 is 9.32 Å². The van der Waals surface area contributed by atoms with E-state index >= 15 is 0 Å². The van der Waals surface area contributed by atoms with Crippen molar-refractivity contribution in [1.29, 1.82) is 0 Å². The molecule has 3 rings (SSSR count). The Kier molecular flexibility index (Phi) is 4.15. The first-order valence-electron chi connectivity index (χ1n) is 6.92. The van der Waals surface area contributed by atoms with Crippen LogP contribution in [0.15, 0.2) is 58.2 Å². The first-order chi connectivity index (χ1) is 10.6. The summed E-state index contributed by atoms with van der Waals surface area (Å²) in [5.41, 5.74) is 3.50. The Morgan fingerprint density at radius 2 is 1.86 bits per heavy atom. The number of thioether (sulfide) groups is 1. The molecule has 0 aliphatic carbocycles. The number of carbonyl (C=O) groups excluding carboxylic acids is 1. The number of carbonyl (C=O) groups is 1. The summed E-state index contributed by atoms with van der Waals surface area (Å²) in [5.74, 6) is 0.765. The van der Waals surface area contributed by atoms with Crippen molar-refractivity contribution in [2.75, 3.05) is 14.1 Å². The maximum Gasteiger partial charge on any atom is 0.257 e. The highest BCUT2D eigenvalue weighted by Crippen LogP contribution is 2.26. The average molecular weight is 312 g/mol. The third-order valence-corrected chi connectivity index (χ3v) is 4.14. The molecule has 5 heteroatoms. The van der Waals surface area contributed by atoms with Crippen molar-refractivity contribution >= 4 is 28.8 Å². The van der Waals surface area contributed by atoms with E-state index in [0.717, 1.165) is 22.4 Å². The van der Waals surface area contributed by atoms with Gasteiger partial charge in [0.05, 0.1) is 0 Å². The van der Waals surface area contributed by atoms with E-state index in [1.54, 1.807) is 30.8 Å². The van der Waals surface area contributed by atoms with Gasteiger partial charge in [-0.15, -0.1) is 0 Å². The fraction of sp³-hybridized carbons (Fsp3) is 0.176. The third kappa shape index (κ3) is 3.14. The van der Waals surface area contributed by atoms with Crippen LogP contribution in [0.3, 0.4) is 0 Å². The lowest BCUT2D eigenvalue weighted by Crippen LogP contribution is -2.21. The predicted octanol–water partition coefficient (Wildman–Crippen LogP) is 3.82. The average Bonchev–Trinajstić information content (AvgIpc) is 2.95. The molecule has 0 unspecified atom stereocenters. The molecule has 0 atom stereocenters. The number of oxazole rings is 1. The van der Waals surface area contributed by atoms with Crippen molar-refractivity contribution in [3.63, 3.8) is 0 Å². The maximum atomic E-state index is 11.8. The highest BCUT2D eigenvalue weighted by Gasteiger charge is 2.09. The zero-order valence-electron chi connectivity index (χ0n) is 12.4. The number of hydrogen-bond acceptors (Lipinski definition) is 4. The lowest BCUT2D eigenvalue weighted by molar-refractivity contribution is 0.0827. The van der Waals surface area contributed by atoms with Crippen molar-refractivity contribution < 1.29 is 9.21 Å². The SMILES string of the molecule is CN(C)C(=O)c1ccc(CSc2nc3ccccc3o2)cc1. The molecule has 0 radical (unpaired) electrons. The van der Waals surface area contributed by atoms with Crippen molar-refractivity contribution in [3.05, 3.63) is 59.7 Å². The zero-order valence-corrected chi connectivity index (χ0v) is 13.3. The second kappa shape index (κ2) is 6.23. The van der Waals surface area contributed by atoms with Gasteiger partial charge in [0.25, 0.3) is 11.1 Å². The molecule has 0 saturated heterocycles. The van der Waals surface area contributed by atoms with Gasteiger partial charge in [0.1, 0.15) is 5.52 Å². The molecule has 0 bridgehead atoms. The minimum absolute atomic E-state index is 0.0122. The summed E-state index contributed by atoms with van der Waals surface area (Å²) in [4.78, 5) is 17.8. The largest absolute Gasteiger partial charge is 0.431 e. The van der Waals surface area contributed by atoms with Gasteiger partial charge in [0, 0.05) is 25.4 Å². The van der Waals surface area contributed by atoms with Crippen LogP contribution in [-0.2, 0) is 5.75 Å². The third-order valence-electron chi connectivity index (χ3n) is 3.24. The predicted molar refractivity (Wildman–Crippen MR) is 88.0 cm³/mol. The Morgan fingerprint density at radius 3 is 2.55 bits per heavy atom. The van der Waals surface area contributed by atoms with Crippen LogP contribution in [0.4, 0.5) is 0 Å². The molecule has 1 heterocycles. The van der Waals surface area contributed by atoms with Crippen LogP contribution in [0, 0.1) is 0 Å². The van der Waals surface area contributed by atoms with Gasteiger partial charge in [-0.3, -0.25) is 4.79 Å².